The molecule has 1 aromatic carbocycles. The number of fused-ring (bicyclic) bond motifs is 1. The molecule has 0 radical (unpaired) electrons. The lowest BCUT2D eigenvalue weighted by Gasteiger charge is -2.23. The Labute approximate surface area is 106 Å². The number of hydrogen-bond donors (Lipinski definition) is 0. The van der Waals surface area contributed by atoms with Gasteiger partial charge in [-0.15, -0.1) is 0 Å². The zero-order valence-corrected chi connectivity index (χ0v) is 10.1. The zero-order chi connectivity index (χ0) is 12.8. The third-order valence-electron chi connectivity index (χ3n) is 2.89. The first-order valence-corrected chi connectivity index (χ1v) is 6.05. The Morgan fingerprint density at radius 3 is 3.17 bits per heavy atom. The molecule has 1 aliphatic rings. The average Bonchev–Trinajstić information content (AvgIpc) is 2.43. The minimum atomic E-state index is -0.234. The fraction of sp³-hybridized carbons (Fsp3) is 0.429. The molecule has 4 heteroatoms. The first-order chi connectivity index (χ1) is 8.81. The summed E-state index contributed by atoms with van der Waals surface area (Å²) in [5, 5.41) is 8.38. The zero-order valence-electron chi connectivity index (χ0n) is 10.1. The van der Waals surface area contributed by atoms with Crippen LogP contribution in [-0.2, 0) is 16.0 Å². The molecule has 1 aromatic rings. The maximum absolute atomic E-state index is 11.8. The third kappa shape index (κ3) is 3.01. The van der Waals surface area contributed by atoms with E-state index in [1.165, 1.54) is 0 Å². The Hall–Kier alpha value is -2.02. The van der Waals surface area contributed by atoms with E-state index in [0.29, 0.717) is 32.5 Å². The highest BCUT2D eigenvalue weighted by Crippen LogP contribution is 2.27. The predicted octanol–water partition coefficient (Wildman–Crippen LogP) is 2.08. The Morgan fingerprint density at radius 2 is 2.33 bits per heavy atom. The SMILES string of the molecule is N#CCCCOC(=O)C1COc2ccccc2C1. The van der Waals surface area contributed by atoms with Gasteiger partial charge in [0.05, 0.1) is 18.6 Å². The average molecular weight is 245 g/mol. The van der Waals surface area contributed by atoms with Gasteiger partial charge in [0.2, 0.25) is 0 Å². The van der Waals surface area contributed by atoms with Crippen molar-refractivity contribution in [3.63, 3.8) is 0 Å². The van der Waals surface area contributed by atoms with Gasteiger partial charge < -0.3 is 9.47 Å². The van der Waals surface area contributed by atoms with Crippen molar-refractivity contribution in [2.45, 2.75) is 19.3 Å². The second-order valence-electron chi connectivity index (χ2n) is 4.25. The van der Waals surface area contributed by atoms with Gasteiger partial charge in [-0.05, 0) is 24.5 Å². The van der Waals surface area contributed by atoms with Gasteiger partial charge >= 0.3 is 5.97 Å². The molecule has 4 nitrogen and oxygen atoms in total. The summed E-state index contributed by atoms with van der Waals surface area (Å²) in [6, 6.07) is 9.74. The van der Waals surface area contributed by atoms with Crippen molar-refractivity contribution in [2.75, 3.05) is 13.2 Å². The van der Waals surface area contributed by atoms with E-state index in [4.69, 9.17) is 14.7 Å². The number of ether oxygens (including phenoxy) is 2. The van der Waals surface area contributed by atoms with E-state index >= 15 is 0 Å². The van der Waals surface area contributed by atoms with Crippen LogP contribution in [0, 0.1) is 17.2 Å². The molecule has 94 valence electrons. The van der Waals surface area contributed by atoms with E-state index in [9.17, 15) is 4.79 Å². The van der Waals surface area contributed by atoms with Gasteiger partial charge in [-0.3, -0.25) is 4.79 Å². The predicted molar refractivity (Wildman–Crippen MR) is 64.9 cm³/mol. The normalized spacial score (nSPS) is 17.2. The minimum Gasteiger partial charge on any atom is -0.492 e. The van der Waals surface area contributed by atoms with Crippen LogP contribution in [0.25, 0.3) is 0 Å². The summed E-state index contributed by atoms with van der Waals surface area (Å²) >= 11 is 0. The molecule has 2 rings (SSSR count). The highest BCUT2D eigenvalue weighted by molar-refractivity contribution is 5.73. The summed E-state index contributed by atoms with van der Waals surface area (Å²) in [6.45, 7) is 0.679. The van der Waals surface area contributed by atoms with E-state index in [1.54, 1.807) is 0 Å². The van der Waals surface area contributed by atoms with Crippen molar-refractivity contribution in [3.05, 3.63) is 29.8 Å². The van der Waals surface area contributed by atoms with Gasteiger partial charge in [0.1, 0.15) is 12.4 Å². The number of hydrogen-bond acceptors (Lipinski definition) is 4. The van der Waals surface area contributed by atoms with Crippen molar-refractivity contribution >= 4 is 5.97 Å². The molecule has 0 aromatic heterocycles. The van der Waals surface area contributed by atoms with E-state index in [-0.39, 0.29) is 11.9 Å². The molecular formula is C14H15NO3. The maximum atomic E-state index is 11.8. The lowest BCUT2D eigenvalue weighted by Crippen LogP contribution is -2.29. The standard InChI is InChI=1S/C14H15NO3/c15-7-3-4-8-17-14(16)12-9-11-5-1-2-6-13(11)18-10-12/h1-2,5-6,12H,3-4,8-10H2. The van der Waals surface area contributed by atoms with E-state index in [0.717, 1.165) is 11.3 Å². The fourth-order valence-electron chi connectivity index (χ4n) is 1.92. The van der Waals surface area contributed by atoms with Gasteiger partial charge in [-0.25, -0.2) is 0 Å². The first-order valence-electron chi connectivity index (χ1n) is 6.05. The number of rotatable bonds is 4. The lowest BCUT2D eigenvalue weighted by molar-refractivity contribution is -0.150. The molecule has 18 heavy (non-hydrogen) atoms. The first kappa shape index (κ1) is 12.4. The Kier molecular flexibility index (Phi) is 4.19. The van der Waals surface area contributed by atoms with Crippen molar-refractivity contribution < 1.29 is 14.3 Å². The number of esters is 1. The van der Waals surface area contributed by atoms with E-state index in [1.807, 2.05) is 30.3 Å². The van der Waals surface area contributed by atoms with Crippen molar-refractivity contribution in [1.29, 1.82) is 5.26 Å². The number of nitrogens with zero attached hydrogens (tertiary/aromatic N) is 1. The van der Waals surface area contributed by atoms with Crippen molar-refractivity contribution in [3.8, 4) is 11.8 Å². The van der Waals surface area contributed by atoms with Crippen LogP contribution in [0.1, 0.15) is 18.4 Å². The molecule has 1 aliphatic heterocycles. The third-order valence-corrected chi connectivity index (χ3v) is 2.89. The van der Waals surface area contributed by atoms with Crippen LogP contribution < -0.4 is 4.74 Å². The molecule has 0 aliphatic carbocycles. The summed E-state index contributed by atoms with van der Waals surface area (Å²) in [5.41, 5.74) is 1.04. The molecule has 0 amide bonds. The van der Waals surface area contributed by atoms with Gasteiger partial charge in [-0.2, -0.15) is 5.26 Å². The highest BCUT2D eigenvalue weighted by Gasteiger charge is 2.26. The molecule has 1 unspecified atom stereocenters. The second-order valence-corrected chi connectivity index (χ2v) is 4.25. The molecule has 1 atom stereocenters. The minimum absolute atomic E-state index is 0.234. The van der Waals surface area contributed by atoms with Crippen LogP contribution in [0.3, 0.4) is 0 Å². The van der Waals surface area contributed by atoms with Gasteiger partial charge in [0.15, 0.2) is 0 Å². The van der Waals surface area contributed by atoms with Crippen molar-refractivity contribution in [1.82, 2.24) is 0 Å². The molecule has 0 bridgehead atoms. The Balaban J connectivity index is 1.85. The molecule has 0 saturated carbocycles. The van der Waals surface area contributed by atoms with E-state index < -0.39 is 0 Å². The number of carbonyl (C=O) groups excluding carboxylic acids is 1. The quantitative estimate of drug-likeness (QED) is 0.602. The summed E-state index contributed by atoms with van der Waals surface area (Å²) in [5.74, 6) is 0.385. The van der Waals surface area contributed by atoms with Crippen LogP contribution in [-0.4, -0.2) is 19.2 Å². The summed E-state index contributed by atoms with van der Waals surface area (Å²) in [6.07, 6.45) is 1.66. The van der Waals surface area contributed by atoms with Gasteiger partial charge in [-0.1, -0.05) is 18.2 Å². The number of unbranched alkanes of at least 4 members (excludes halogenated alkanes) is 1. The molecule has 0 N–H and O–H groups in total. The van der Waals surface area contributed by atoms with Gasteiger partial charge in [0.25, 0.3) is 0 Å². The van der Waals surface area contributed by atoms with Crippen LogP contribution in [0.5, 0.6) is 5.75 Å². The monoisotopic (exact) mass is 245 g/mol. The molecule has 0 spiro atoms. The molecule has 0 saturated heterocycles. The molecule has 1 heterocycles. The van der Waals surface area contributed by atoms with Crippen LogP contribution >= 0.6 is 0 Å². The van der Waals surface area contributed by atoms with Crippen LogP contribution in [0.15, 0.2) is 24.3 Å². The second kappa shape index (κ2) is 6.06. The summed E-state index contributed by atoms with van der Waals surface area (Å²) in [7, 11) is 0. The summed E-state index contributed by atoms with van der Waals surface area (Å²) in [4.78, 5) is 11.8. The maximum Gasteiger partial charge on any atom is 0.312 e. The molecule has 0 fully saturated rings. The Bertz CT molecular complexity index is 464. The lowest BCUT2D eigenvalue weighted by atomic mass is 9.97. The summed E-state index contributed by atoms with van der Waals surface area (Å²) < 4.78 is 10.7. The topological polar surface area (TPSA) is 59.3 Å². The number of para-hydroxylation sites is 1. The van der Waals surface area contributed by atoms with Crippen LogP contribution in [0.4, 0.5) is 0 Å². The number of nitriles is 1. The van der Waals surface area contributed by atoms with Crippen molar-refractivity contribution in [2.24, 2.45) is 5.92 Å². The van der Waals surface area contributed by atoms with Crippen LogP contribution in [0.2, 0.25) is 0 Å². The number of carbonyl (C=O) groups is 1. The fourth-order valence-corrected chi connectivity index (χ4v) is 1.92. The largest absolute Gasteiger partial charge is 0.492 e. The van der Waals surface area contributed by atoms with Gasteiger partial charge in [0, 0.05) is 6.42 Å². The Morgan fingerprint density at radius 1 is 1.50 bits per heavy atom. The molecular weight excluding hydrogens is 230 g/mol. The highest BCUT2D eigenvalue weighted by atomic mass is 16.5. The smallest absolute Gasteiger partial charge is 0.312 e. The number of benzene rings is 1. The van der Waals surface area contributed by atoms with E-state index in [2.05, 4.69) is 0 Å².